The van der Waals surface area contributed by atoms with Crippen LogP contribution in [-0.2, 0) is 6.18 Å². The van der Waals surface area contributed by atoms with Crippen molar-refractivity contribution >= 4 is 23.8 Å². The number of aliphatic hydroxyl groups excluding tert-OH is 2. The molecule has 1 saturated heterocycles. The first-order valence-corrected chi connectivity index (χ1v) is 12.8. The number of nitrogens with zero attached hydrogens (tertiary/aromatic N) is 5. The molecule has 0 saturated carbocycles. The number of amidine groups is 1. The highest BCUT2D eigenvalue weighted by atomic mass is 19.4. The molecule has 2 unspecified atom stereocenters. The molecule has 5 N–H and O–H groups in total. The Morgan fingerprint density at radius 3 is 2.75 bits per heavy atom. The van der Waals surface area contributed by atoms with Gasteiger partial charge in [0, 0.05) is 30.8 Å². The van der Waals surface area contributed by atoms with Gasteiger partial charge in [-0.05, 0) is 55.8 Å². The van der Waals surface area contributed by atoms with Crippen molar-refractivity contribution in [3.63, 3.8) is 0 Å². The number of alkyl halides is 3. The fraction of sp³-hybridized carbons (Fsp3) is 0.333. The summed E-state index contributed by atoms with van der Waals surface area (Å²) in [5.74, 6) is 6.58. The number of aliphatic imine (C=N–C) groups is 2. The summed E-state index contributed by atoms with van der Waals surface area (Å²) in [4.78, 5) is 27.8. The molecule has 3 aliphatic rings. The van der Waals surface area contributed by atoms with Crippen LogP contribution in [-0.4, -0.2) is 75.0 Å². The monoisotopic (exact) mass is 556 g/mol. The molecule has 1 fully saturated rings. The average molecular weight is 557 g/mol. The van der Waals surface area contributed by atoms with Gasteiger partial charge in [-0.1, -0.05) is 0 Å². The molecule has 0 bridgehead atoms. The normalized spacial score (nSPS) is 23.6. The minimum atomic E-state index is -4.55. The van der Waals surface area contributed by atoms with Crippen molar-refractivity contribution in [1.82, 2.24) is 9.88 Å². The molecule has 40 heavy (non-hydrogen) atoms. The van der Waals surface area contributed by atoms with Gasteiger partial charge in [-0.25, -0.2) is 4.98 Å². The number of β-amino-alcohol motifs (C(OH)–C–C–N with tert-alkyl or cyclic N) is 1. The molecule has 0 aliphatic carbocycles. The van der Waals surface area contributed by atoms with Gasteiger partial charge in [0.05, 0.1) is 36.3 Å². The fourth-order valence-electron chi connectivity index (χ4n) is 5.14. The predicted molar refractivity (Wildman–Crippen MR) is 142 cm³/mol. The van der Waals surface area contributed by atoms with Crippen molar-refractivity contribution < 1.29 is 32.8 Å². The Kier molecular flexibility index (Phi) is 7.66. The number of allylic oxidation sites excluding steroid dienone is 1. The summed E-state index contributed by atoms with van der Waals surface area (Å²) in [6, 6.07) is 8.07. The lowest BCUT2D eigenvalue weighted by Gasteiger charge is -2.33. The smallest absolute Gasteiger partial charge is 0.394 e. The number of quaternary nitrogens is 1. The van der Waals surface area contributed by atoms with E-state index in [1.165, 1.54) is 0 Å². The Balaban J connectivity index is 1.36. The van der Waals surface area contributed by atoms with Crippen molar-refractivity contribution in [2.24, 2.45) is 21.7 Å². The largest absolute Gasteiger partial charge is 0.416 e. The summed E-state index contributed by atoms with van der Waals surface area (Å²) in [5.41, 5.74) is 1.50. The van der Waals surface area contributed by atoms with Crippen LogP contribution in [0, 0.1) is 5.92 Å². The van der Waals surface area contributed by atoms with Gasteiger partial charge in [0.2, 0.25) is 5.70 Å². The van der Waals surface area contributed by atoms with Crippen LogP contribution in [0.4, 0.5) is 19.0 Å². The topological polar surface area (TPSA) is 136 Å². The molecule has 3 atom stereocenters. The zero-order chi connectivity index (χ0) is 28.5. The first kappa shape index (κ1) is 27.8. The van der Waals surface area contributed by atoms with Crippen molar-refractivity contribution in [2.45, 2.75) is 25.1 Å². The summed E-state index contributed by atoms with van der Waals surface area (Å²) in [6.45, 7) is 1.51. The number of likely N-dealkylation sites (tertiary alicyclic amines) is 1. The van der Waals surface area contributed by atoms with Crippen LogP contribution in [0.5, 0.6) is 0 Å². The number of anilines is 1. The number of carbonyl (C=O) groups excluding carboxylic acids is 1. The standard InChI is InChI=1S/C27H28F3N7O3/c28-27(29,30)20-7-8-33-23(12-20)34-26(40)18-5-3-17(4-6-18)25-35-24(22-13-32-9-11-37(22,25)31)19-2-1-10-36(14-19)15-21(39)16-38/h3-9,11-13,19,21,38-39H,1-2,10,14-16,31H2/p+1/t19-,21?,37?/m1/s1. The van der Waals surface area contributed by atoms with Crippen LogP contribution in [0.1, 0.15) is 34.3 Å². The average Bonchev–Trinajstić information content (AvgIpc) is 3.26. The second kappa shape index (κ2) is 11.0. The van der Waals surface area contributed by atoms with Gasteiger partial charge in [-0.3, -0.25) is 9.79 Å². The van der Waals surface area contributed by atoms with Crippen molar-refractivity contribution in [1.29, 1.82) is 0 Å². The van der Waals surface area contributed by atoms with Crippen LogP contribution >= 0.6 is 0 Å². The third-order valence-electron chi connectivity index (χ3n) is 7.13. The summed E-state index contributed by atoms with van der Waals surface area (Å²) < 4.78 is 38.8. The number of pyridine rings is 1. The Morgan fingerprint density at radius 1 is 1.25 bits per heavy atom. The number of fused-ring (bicyclic) bond motifs is 1. The molecular formula is C27H29F3N7O3+. The number of amides is 1. The van der Waals surface area contributed by atoms with E-state index in [0.717, 1.165) is 49.1 Å². The number of rotatable bonds is 7. The molecule has 0 spiro atoms. The molecule has 1 aromatic heterocycles. The van der Waals surface area contributed by atoms with E-state index in [0.29, 0.717) is 24.5 Å². The summed E-state index contributed by atoms with van der Waals surface area (Å²) in [6.07, 6.45) is 2.40. The van der Waals surface area contributed by atoms with Crippen LogP contribution in [0.15, 0.2) is 76.4 Å². The van der Waals surface area contributed by atoms with Gasteiger partial charge in [0.1, 0.15) is 17.7 Å². The second-order valence-corrected chi connectivity index (χ2v) is 9.95. The zero-order valence-corrected chi connectivity index (χ0v) is 21.4. The van der Waals surface area contributed by atoms with Crippen molar-refractivity contribution in [3.8, 4) is 0 Å². The molecule has 1 amide bonds. The minimum absolute atomic E-state index is 0.0381. The quantitative estimate of drug-likeness (QED) is 0.306. The van der Waals surface area contributed by atoms with Gasteiger partial charge >= 0.3 is 6.18 Å². The summed E-state index contributed by atoms with van der Waals surface area (Å²) in [5, 5.41) is 21.5. The van der Waals surface area contributed by atoms with E-state index < -0.39 is 23.8 Å². The molecule has 5 rings (SSSR count). The van der Waals surface area contributed by atoms with Gasteiger partial charge in [-0.2, -0.15) is 24.0 Å². The lowest BCUT2D eigenvalue weighted by Crippen LogP contribution is -2.53. The van der Waals surface area contributed by atoms with E-state index in [1.54, 1.807) is 42.9 Å². The third-order valence-corrected chi connectivity index (χ3v) is 7.13. The van der Waals surface area contributed by atoms with E-state index in [-0.39, 0.29) is 28.5 Å². The van der Waals surface area contributed by atoms with E-state index in [9.17, 15) is 28.2 Å². The van der Waals surface area contributed by atoms with E-state index in [1.807, 2.05) is 0 Å². The highest BCUT2D eigenvalue weighted by Crippen LogP contribution is 2.37. The number of carbonyl (C=O) groups is 1. The molecule has 4 heterocycles. The number of aliphatic hydroxyl groups is 2. The van der Waals surface area contributed by atoms with Crippen molar-refractivity contribution in [2.75, 3.05) is 31.6 Å². The Hall–Kier alpha value is -3.75. The number of nitrogens with two attached hydrogens (primary N) is 1. The lowest BCUT2D eigenvalue weighted by atomic mass is 9.93. The number of hydrogen-bond donors (Lipinski definition) is 4. The molecule has 3 aliphatic heterocycles. The van der Waals surface area contributed by atoms with Crippen molar-refractivity contribution in [3.05, 3.63) is 83.1 Å². The summed E-state index contributed by atoms with van der Waals surface area (Å²) >= 11 is 0. The maximum Gasteiger partial charge on any atom is 0.416 e. The zero-order valence-electron chi connectivity index (χ0n) is 21.4. The lowest BCUT2D eigenvalue weighted by molar-refractivity contribution is -0.750. The molecule has 1 aromatic carbocycles. The number of nitrogens with one attached hydrogen (secondary N) is 1. The van der Waals surface area contributed by atoms with Gasteiger partial charge in [-0.15, -0.1) is 4.59 Å². The number of benzene rings is 1. The molecular weight excluding hydrogens is 527 g/mol. The Bertz CT molecular complexity index is 1400. The Labute approximate surface area is 228 Å². The number of halogens is 3. The molecule has 13 heteroatoms. The molecule has 210 valence electrons. The van der Waals surface area contributed by atoms with E-state index >= 15 is 0 Å². The maximum atomic E-state index is 13.0. The Morgan fingerprint density at radius 2 is 2.02 bits per heavy atom. The minimum Gasteiger partial charge on any atom is -0.394 e. The summed E-state index contributed by atoms with van der Waals surface area (Å²) in [7, 11) is 0. The fourth-order valence-corrected chi connectivity index (χ4v) is 5.14. The second-order valence-electron chi connectivity index (χ2n) is 9.95. The van der Waals surface area contributed by atoms with Gasteiger partial charge in [0.25, 0.3) is 11.7 Å². The van der Waals surface area contributed by atoms with Crippen LogP contribution in [0.2, 0.25) is 0 Å². The predicted octanol–water partition coefficient (Wildman–Crippen LogP) is 2.64. The van der Waals surface area contributed by atoms with E-state index in [4.69, 9.17) is 10.8 Å². The van der Waals surface area contributed by atoms with Gasteiger partial charge in [0.15, 0.2) is 0 Å². The van der Waals surface area contributed by atoms with Crippen LogP contribution in [0.25, 0.3) is 0 Å². The van der Waals surface area contributed by atoms with Gasteiger partial charge < -0.3 is 20.4 Å². The highest BCUT2D eigenvalue weighted by Gasteiger charge is 2.46. The van der Waals surface area contributed by atoms with E-state index in [2.05, 4.69) is 20.2 Å². The molecule has 0 radical (unpaired) electrons. The highest BCUT2D eigenvalue weighted by molar-refractivity contribution is 6.05. The maximum absolute atomic E-state index is 13.0. The van der Waals surface area contributed by atoms with Crippen LogP contribution in [0.3, 0.4) is 0 Å². The number of aromatic nitrogens is 1. The third kappa shape index (κ3) is 5.60. The SMILES string of the molecule is N[N+]12C=CN=CC1=C([C@@H]1CCCN(CC(O)CO)C1)N=C2c1ccc(C(=O)Nc2cc(C(F)(F)F)ccn2)cc1. The number of piperidine rings is 1. The van der Waals surface area contributed by atoms with Crippen LogP contribution < -0.4 is 11.2 Å². The molecule has 10 nitrogen and oxygen atoms in total. The first-order chi connectivity index (χ1) is 19.1. The molecule has 2 aromatic rings. The number of hydrogen-bond acceptors (Lipinski definition) is 8. The first-order valence-electron chi connectivity index (χ1n) is 12.8.